The first-order chi connectivity index (χ1) is 11.5. The van der Waals surface area contributed by atoms with E-state index in [0.717, 1.165) is 4.90 Å². The lowest BCUT2D eigenvalue weighted by Crippen LogP contribution is -2.45. The Balaban J connectivity index is 2.19. The summed E-state index contributed by atoms with van der Waals surface area (Å²) in [6.45, 7) is 3.13. The van der Waals surface area contributed by atoms with Crippen LogP contribution in [0.25, 0.3) is 0 Å². The van der Waals surface area contributed by atoms with E-state index in [1.54, 1.807) is 39.0 Å². The van der Waals surface area contributed by atoms with Crippen LogP contribution in [0.1, 0.15) is 27.2 Å². The molecule has 0 unspecified atom stereocenters. The molecular formula is C16H20BrF2N3O3. The van der Waals surface area contributed by atoms with Crippen molar-refractivity contribution in [2.45, 2.75) is 44.5 Å². The van der Waals surface area contributed by atoms with Crippen LogP contribution in [0.2, 0.25) is 0 Å². The Labute approximate surface area is 153 Å². The number of hydrogen-bond acceptors (Lipinski definition) is 4. The third-order valence-electron chi connectivity index (χ3n) is 3.53. The van der Waals surface area contributed by atoms with E-state index in [4.69, 9.17) is 4.74 Å². The zero-order valence-corrected chi connectivity index (χ0v) is 15.8. The number of alkyl halides is 2. The maximum Gasteiger partial charge on any atom is 0.411 e. The first kappa shape index (κ1) is 19.6. The van der Waals surface area contributed by atoms with Gasteiger partial charge < -0.3 is 10.1 Å². The topological polar surface area (TPSA) is 71.5 Å². The van der Waals surface area contributed by atoms with Gasteiger partial charge in [0.2, 0.25) is 5.91 Å². The van der Waals surface area contributed by atoms with Crippen molar-refractivity contribution >= 4 is 33.7 Å². The molecule has 0 radical (unpaired) electrons. The van der Waals surface area contributed by atoms with Crippen molar-refractivity contribution < 1.29 is 23.1 Å². The van der Waals surface area contributed by atoms with Crippen molar-refractivity contribution in [3.8, 4) is 0 Å². The summed E-state index contributed by atoms with van der Waals surface area (Å²) < 4.78 is 33.2. The fourth-order valence-corrected chi connectivity index (χ4v) is 2.81. The summed E-state index contributed by atoms with van der Waals surface area (Å²) in [5, 5.41) is 2.52. The number of carbonyl (C=O) groups is 2. The predicted molar refractivity (Wildman–Crippen MR) is 91.7 cm³/mol. The SMILES string of the molecule is CC(C)(C)OC(=O)N1C[C@@](F)(CF)C[C@@H]1C(=O)Nc1cccc(Br)n1. The number of halogens is 3. The number of anilines is 1. The van der Waals surface area contributed by atoms with Gasteiger partial charge in [0.05, 0.1) is 6.54 Å². The molecule has 0 bridgehead atoms. The second kappa shape index (κ2) is 7.23. The number of nitrogens with zero attached hydrogens (tertiary/aromatic N) is 2. The zero-order valence-electron chi connectivity index (χ0n) is 14.2. The van der Waals surface area contributed by atoms with Crippen LogP contribution in [-0.4, -0.2) is 52.4 Å². The summed E-state index contributed by atoms with van der Waals surface area (Å²) in [5.74, 6) is -0.412. The lowest BCUT2D eigenvalue weighted by atomic mass is 10.0. The third-order valence-corrected chi connectivity index (χ3v) is 3.97. The van der Waals surface area contributed by atoms with Crippen LogP contribution in [0.5, 0.6) is 0 Å². The Morgan fingerprint density at radius 2 is 2.16 bits per heavy atom. The first-order valence-corrected chi connectivity index (χ1v) is 8.50. The average molecular weight is 420 g/mol. The molecule has 6 nitrogen and oxygen atoms in total. The molecule has 1 fully saturated rings. The number of rotatable bonds is 3. The number of ether oxygens (including phenoxy) is 1. The largest absolute Gasteiger partial charge is 0.444 e. The predicted octanol–water partition coefficient (Wildman–Crippen LogP) is 3.47. The molecule has 1 N–H and O–H groups in total. The van der Waals surface area contributed by atoms with E-state index < -0.39 is 49.0 Å². The number of aromatic nitrogens is 1. The minimum atomic E-state index is -2.27. The minimum absolute atomic E-state index is 0.236. The van der Waals surface area contributed by atoms with E-state index in [1.165, 1.54) is 0 Å². The molecule has 0 spiro atoms. The van der Waals surface area contributed by atoms with Crippen LogP contribution in [-0.2, 0) is 9.53 Å². The van der Waals surface area contributed by atoms with Crippen molar-refractivity contribution in [2.24, 2.45) is 0 Å². The van der Waals surface area contributed by atoms with Crippen LogP contribution >= 0.6 is 15.9 Å². The van der Waals surface area contributed by atoms with Crippen LogP contribution in [0.15, 0.2) is 22.8 Å². The molecule has 1 aromatic heterocycles. The second-order valence-electron chi connectivity index (χ2n) is 6.95. The van der Waals surface area contributed by atoms with Gasteiger partial charge in [-0.1, -0.05) is 6.07 Å². The van der Waals surface area contributed by atoms with Crippen molar-refractivity contribution in [2.75, 3.05) is 18.5 Å². The van der Waals surface area contributed by atoms with Gasteiger partial charge >= 0.3 is 6.09 Å². The number of likely N-dealkylation sites (tertiary alicyclic amines) is 1. The highest BCUT2D eigenvalue weighted by atomic mass is 79.9. The molecule has 2 atom stereocenters. The summed E-state index contributed by atoms with van der Waals surface area (Å²) in [5.41, 5.74) is -3.09. The first-order valence-electron chi connectivity index (χ1n) is 7.71. The normalized spacial score (nSPS) is 23.4. The fraction of sp³-hybridized carbons (Fsp3) is 0.562. The van der Waals surface area contributed by atoms with Gasteiger partial charge in [-0.3, -0.25) is 9.69 Å². The monoisotopic (exact) mass is 419 g/mol. The molecule has 2 heterocycles. The van der Waals surface area contributed by atoms with Crippen molar-refractivity contribution in [1.82, 2.24) is 9.88 Å². The second-order valence-corrected chi connectivity index (χ2v) is 7.76. The molecule has 1 aliphatic heterocycles. The molecule has 2 amide bonds. The highest BCUT2D eigenvalue weighted by Gasteiger charge is 2.50. The van der Waals surface area contributed by atoms with Gasteiger partial charge in [-0.2, -0.15) is 0 Å². The summed E-state index contributed by atoms with van der Waals surface area (Å²) in [7, 11) is 0. The Bertz CT molecular complexity index is 668. The van der Waals surface area contributed by atoms with Crippen LogP contribution in [0, 0.1) is 0 Å². The highest BCUT2D eigenvalue weighted by molar-refractivity contribution is 9.10. The van der Waals surface area contributed by atoms with Gasteiger partial charge in [0, 0.05) is 6.42 Å². The lowest BCUT2D eigenvalue weighted by molar-refractivity contribution is -0.120. The molecule has 138 valence electrons. The maximum atomic E-state index is 14.5. The molecular weight excluding hydrogens is 400 g/mol. The molecule has 1 saturated heterocycles. The van der Waals surface area contributed by atoms with E-state index in [9.17, 15) is 18.4 Å². The van der Waals surface area contributed by atoms with E-state index >= 15 is 0 Å². The Morgan fingerprint density at radius 1 is 1.48 bits per heavy atom. The molecule has 2 rings (SSSR count). The van der Waals surface area contributed by atoms with E-state index in [0.29, 0.717) is 4.60 Å². The smallest absolute Gasteiger partial charge is 0.411 e. The Hall–Kier alpha value is -1.77. The maximum absolute atomic E-state index is 14.5. The zero-order chi connectivity index (χ0) is 18.8. The Kier molecular flexibility index (Phi) is 5.65. The molecule has 1 aliphatic rings. The highest BCUT2D eigenvalue weighted by Crippen LogP contribution is 2.33. The fourth-order valence-electron chi connectivity index (χ4n) is 2.47. The van der Waals surface area contributed by atoms with Crippen LogP contribution in [0.4, 0.5) is 19.4 Å². The van der Waals surface area contributed by atoms with E-state index in [1.807, 2.05) is 0 Å². The average Bonchev–Trinajstić information content (AvgIpc) is 2.85. The standard InChI is InChI=1S/C16H20BrF2N3O3/c1-15(2,3)25-14(24)22-9-16(19,8-18)7-10(22)13(23)21-12-6-4-5-11(17)20-12/h4-6,10H,7-9H2,1-3H3,(H,20,21,23)/t10-,16+/m1/s1. The number of nitrogens with one attached hydrogen (secondary N) is 1. The van der Waals surface area contributed by atoms with Gasteiger partial charge in [-0.25, -0.2) is 18.6 Å². The van der Waals surface area contributed by atoms with Gasteiger partial charge in [0.1, 0.15) is 28.7 Å². The molecule has 25 heavy (non-hydrogen) atoms. The number of amides is 2. The van der Waals surface area contributed by atoms with Crippen LogP contribution in [0.3, 0.4) is 0 Å². The molecule has 1 aromatic rings. The van der Waals surface area contributed by atoms with Crippen molar-refractivity contribution in [1.29, 1.82) is 0 Å². The summed E-state index contributed by atoms with van der Waals surface area (Å²) in [4.78, 5) is 29.8. The van der Waals surface area contributed by atoms with Gasteiger partial charge in [-0.15, -0.1) is 0 Å². The van der Waals surface area contributed by atoms with Gasteiger partial charge in [0.25, 0.3) is 0 Å². The van der Waals surface area contributed by atoms with Crippen molar-refractivity contribution in [3.05, 3.63) is 22.8 Å². The molecule has 0 saturated carbocycles. The molecule has 9 heteroatoms. The summed E-state index contributed by atoms with van der Waals surface area (Å²) in [6, 6.07) is 3.70. The van der Waals surface area contributed by atoms with Gasteiger partial charge in [-0.05, 0) is 48.8 Å². The van der Waals surface area contributed by atoms with Crippen LogP contribution < -0.4 is 5.32 Å². The van der Waals surface area contributed by atoms with E-state index in [2.05, 4.69) is 26.2 Å². The summed E-state index contributed by atoms with van der Waals surface area (Å²) >= 11 is 3.18. The van der Waals surface area contributed by atoms with Gasteiger partial charge in [0.15, 0.2) is 5.67 Å². The minimum Gasteiger partial charge on any atom is -0.444 e. The molecule has 0 aliphatic carbocycles. The lowest BCUT2D eigenvalue weighted by Gasteiger charge is -2.27. The quantitative estimate of drug-likeness (QED) is 0.761. The molecule has 0 aromatic carbocycles. The third kappa shape index (κ3) is 5.10. The number of pyridine rings is 1. The van der Waals surface area contributed by atoms with E-state index in [-0.39, 0.29) is 5.82 Å². The Morgan fingerprint density at radius 3 is 2.72 bits per heavy atom. The number of hydrogen-bond donors (Lipinski definition) is 1. The number of carbonyl (C=O) groups excluding carboxylic acids is 2. The summed E-state index contributed by atoms with van der Waals surface area (Å²) in [6.07, 6.45) is -1.30. The van der Waals surface area contributed by atoms with Crippen molar-refractivity contribution in [3.63, 3.8) is 0 Å².